The Hall–Kier alpha value is -1.73. The highest BCUT2D eigenvalue weighted by atomic mass is 16.8. The molecule has 3 saturated heterocycles. The molecule has 12 N–H and O–H groups in total. The van der Waals surface area contributed by atoms with Crippen LogP contribution in [-0.4, -0.2) is 193 Å². The van der Waals surface area contributed by atoms with Crippen LogP contribution in [0.15, 0.2) is 24.3 Å². The molecule has 0 spiro atoms. The van der Waals surface area contributed by atoms with E-state index < -0.39 is 124 Å². The van der Waals surface area contributed by atoms with E-state index in [9.17, 15) is 61.0 Å². The predicted octanol–water partition coefficient (Wildman–Crippen LogP) is 15.7. The maximum atomic E-state index is 13.5. The lowest BCUT2D eigenvalue weighted by molar-refractivity contribution is -0.379. The summed E-state index contributed by atoms with van der Waals surface area (Å²) < 4.78 is 34.5. The van der Waals surface area contributed by atoms with E-state index in [2.05, 4.69) is 31.3 Å². The van der Waals surface area contributed by atoms with E-state index in [1.807, 2.05) is 6.08 Å². The van der Waals surface area contributed by atoms with Gasteiger partial charge in [0.25, 0.3) is 0 Å². The lowest BCUT2D eigenvalue weighted by Gasteiger charge is -2.48. The van der Waals surface area contributed by atoms with Crippen LogP contribution < -0.4 is 5.32 Å². The van der Waals surface area contributed by atoms with Crippen LogP contribution in [-0.2, 0) is 33.2 Å². The van der Waals surface area contributed by atoms with E-state index >= 15 is 0 Å². The largest absolute Gasteiger partial charge is 0.394 e. The van der Waals surface area contributed by atoms with E-state index in [4.69, 9.17) is 28.4 Å². The van der Waals surface area contributed by atoms with Gasteiger partial charge in [0.2, 0.25) is 5.91 Å². The van der Waals surface area contributed by atoms with Gasteiger partial charge in [-0.15, -0.1) is 0 Å². The molecule has 1 amide bonds. The number of carbonyl (C=O) groups excluding carboxylic acids is 1. The molecule has 17 atom stereocenters. The highest BCUT2D eigenvalue weighted by molar-refractivity contribution is 5.76. The summed E-state index contributed by atoms with van der Waals surface area (Å²) in [5.41, 5.74) is 0. The van der Waals surface area contributed by atoms with Gasteiger partial charge in [-0.3, -0.25) is 4.79 Å². The van der Waals surface area contributed by atoms with Gasteiger partial charge < -0.3 is 89.9 Å². The third kappa shape index (κ3) is 44.9. The number of aliphatic hydroxyl groups excluding tert-OH is 11. The second-order valence-corrected chi connectivity index (χ2v) is 31.4. The average Bonchev–Trinajstić information content (AvgIpc) is 0.783. The maximum Gasteiger partial charge on any atom is 0.220 e. The van der Waals surface area contributed by atoms with Crippen molar-refractivity contribution in [3.05, 3.63) is 24.3 Å². The number of hydrogen-bond donors (Lipinski definition) is 12. The second-order valence-electron chi connectivity index (χ2n) is 31.4. The second kappa shape index (κ2) is 65.9. The van der Waals surface area contributed by atoms with Gasteiger partial charge in [0.15, 0.2) is 18.9 Å². The Morgan fingerprint density at radius 3 is 0.962 bits per heavy atom. The number of amides is 1. The van der Waals surface area contributed by atoms with Gasteiger partial charge in [0, 0.05) is 6.42 Å². The SMILES string of the molecule is CCCCCCCCCCCCCCCCCCCCCCCCCCCCC/C=C/CC/C=C/C(O)C(COC1OC(CO)C(OC2OC(CO)C(OC3OC(CO)C(O)C(O)C3O)C(O)C2O)C(O)C1O)NC(=O)CCCCCCCCCCCCCCCCCCCCCCCCCCCC. The van der Waals surface area contributed by atoms with Crippen molar-refractivity contribution in [3.8, 4) is 0 Å². The number of ether oxygens (including phenoxy) is 6. The van der Waals surface area contributed by atoms with Crippen molar-refractivity contribution in [2.75, 3.05) is 26.4 Å². The molecule has 0 aromatic carbocycles. The number of rotatable bonds is 71. The molecule has 0 radical (unpaired) electrons. The van der Waals surface area contributed by atoms with Gasteiger partial charge >= 0.3 is 0 Å². The van der Waals surface area contributed by atoms with Crippen LogP contribution in [0.4, 0.5) is 0 Å². The summed E-state index contributed by atoms with van der Waals surface area (Å²) in [6, 6.07) is -0.989. The molecule has 3 rings (SSSR count). The molecule has 104 heavy (non-hydrogen) atoms. The number of aliphatic hydroxyl groups is 11. The Kier molecular flexibility index (Phi) is 61.2. The minimum absolute atomic E-state index is 0.241. The summed E-state index contributed by atoms with van der Waals surface area (Å²) in [6.45, 7) is 1.79. The van der Waals surface area contributed by atoms with Crippen molar-refractivity contribution >= 4 is 5.91 Å². The Morgan fingerprint density at radius 2 is 0.615 bits per heavy atom. The van der Waals surface area contributed by atoms with Crippen molar-refractivity contribution in [1.29, 1.82) is 0 Å². The summed E-state index contributed by atoms with van der Waals surface area (Å²) >= 11 is 0. The number of hydrogen-bond acceptors (Lipinski definition) is 18. The molecule has 3 fully saturated rings. The zero-order valence-corrected chi connectivity index (χ0v) is 66.0. The Balaban J connectivity index is 1.35. The molecule has 19 nitrogen and oxygen atoms in total. The Bertz CT molecular complexity index is 1970. The number of carbonyl (C=O) groups is 1. The highest BCUT2D eigenvalue weighted by Gasteiger charge is 2.54. The fraction of sp³-hybridized carbons (Fsp3) is 0.941. The molecule has 0 bridgehead atoms. The third-order valence-electron chi connectivity index (χ3n) is 22.0. The van der Waals surface area contributed by atoms with Crippen molar-refractivity contribution in [2.45, 2.75) is 484 Å². The highest BCUT2D eigenvalue weighted by Crippen LogP contribution is 2.34. The minimum Gasteiger partial charge on any atom is -0.394 e. The molecule has 17 unspecified atom stereocenters. The van der Waals surface area contributed by atoms with Crippen LogP contribution in [0.1, 0.15) is 380 Å². The minimum atomic E-state index is -1.98. The summed E-state index contributed by atoms with van der Waals surface area (Å²) in [7, 11) is 0. The van der Waals surface area contributed by atoms with Crippen molar-refractivity contribution in [2.24, 2.45) is 0 Å². The number of allylic oxidation sites excluding steroid dienone is 3. The average molecular weight is 1490 g/mol. The molecule has 0 aromatic heterocycles. The van der Waals surface area contributed by atoms with Crippen molar-refractivity contribution in [3.63, 3.8) is 0 Å². The molecule has 614 valence electrons. The predicted molar refractivity (Wildman–Crippen MR) is 416 cm³/mol. The molecule has 3 aliphatic heterocycles. The first-order valence-electron chi connectivity index (χ1n) is 43.6. The van der Waals surface area contributed by atoms with Gasteiger partial charge in [0.1, 0.15) is 73.2 Å². The fourth-order valence-electron chi connectivity index (χ4n) is 15.0. The fourth-order valence-corrected chi connectivity index (χ4v) is 15.0. The Morgan fingerprint density at radius 1 is 0.337 bits per heavy atom. The normalized spacial score (nSPS) is 26.0. The van der Waals surface area contributed by atoms with Crippen LogP contribution >= 0.6 is 0 Å². The summed E-state index contributed by atoms with van der Waals surface area (Å²) in [5, 5.41) is 121. The molecule has 0 saturated carbocycles. The summed E-state index contributed by atoms with van der Waals surface area (Å²) in [6.07, 6.45) is 54.8. The molecule has 0 aliphatic carbocycles. The van der Waals surface area contributed by atoms with Crippen molar-refractivity contribution in [1.82, 2.24) is 5.32 Å². The number of nitrogens with one attached hydrogen (secondary N) is 1. The van der Waals surface area contributed by atoms with Crippen molar-refractivity contribution < 1.29 is 89.4 Å². The van der Waals surface area contributed by atoms with E-state index in [1.54, 1.807) is 6.08 Å². The monoisotopic (exact) mass is 1480 g/mol. The van der Waals surface area contributed by atoms with Crippen LogP contribution in [0.3, 0.4) is 0 Å². The smallest absolute Gasteiger partial charge is 0.220 e. The quantitative estimate of drug-likeness (QED) is 0.0199. The molecular weight excluding hydrogens is 1320 g/mol. The molecule has 0 aromatic rings. The summed E-state index contributed by atoms with van der Waals surface area (Å²) in [5.74, 6) is -0.276. The van der Waals surface area contributed by atoms with Gasteiger partial charge in [0.05, 0.1) is 38.6 Å². The van der Waals surface area contributed by atoms with Gasteiger partial charge in [-0.1, -0.05) is 366 Å². The van der Waals surface area contributed by atoms with E-state index in [1.165, 1.54) is 308 Å². The molecule has 3 heterocycles. The zero-order valence-electron chi connectivity index (χ0n) is 66.0. The first-order chi connectivity index (χ1) is 50.8. The Labute approximate surface area is 632 Å². The molecular formula is C85H161NO18. The lowest BCUT2D eigenvalue weighted by atomic mass is 9.96. The van der Waals surface area contributed by atoms with Crippen LogP contribution in [0.2, 0.25) is 0 Å². The van der Waals surface area contributed by atoms with Gasteiger partial charge in [-0.05, 0) is 32.1 Å². The summed E-state index contributed by atoms with van der Waals surface area (Å²) in [4.78, 5) is 13.5. The van der Waals surface area contributed by atoms with Crippen LogP contribution in [0.25, 0.3) is 0 Å². The topological polar surface area (TPSA) is 307 Å². The number of unbranched alkanes of at least 4 members (excludes halogenated alkanes) is 53. The molecule has 19 heteroatoms. The van der Waals surface area contributed by atoms with E-state index in [0.29, 0.717) is 12.8 Å². The first kappa shape index (κ1) is 96.5. The first-order valence-corrected chi connectivity index (χ1v) is 43.6. The maximum absolute atomic E-state index is 13.5. The van der Waals surface area contributed by atoms with E-state index in [0.717, 1.165) is 38.5 Å². The van der Waals surface area contributed by atoms with Gasteiger partial charge in [-0.25, -0.2) is 0 Å². The lowest BCUT2D eigenvalue weighted by Crippen LogP contribution is -2.66. The van der Waals surface area contributed by atoms with Crippen LogP contribution in [0.5, 0.6) is 0 Å². The third-order valence-corrected chi connectivity index (χ3v) is 22.0. The van der Waals surface area contributed by atoms with E-state index in [-0.39, 0.29) is 18.9 Å². The van der Waals surface area contributed by atoms with Crippen LogP contribution in [0, 0.1) is 0 Å². The zero-order chi connectivity index (χ0) is 75.3. The van der Waals surface area contributed by atoms with Gasteiger partial charge in [-0.2, -0.15) is 0 Å². The standard InChI is InChI=1S/C85H161NO18/c1-3-5-7-9-11-13-15-17-19-21-23-25-27-29-31-32-33-34-35-36-37-38-40-42-44-46-48-50-52-54-56-58-60-62-69(90)68(86-73(91)63-61-59-57-55-53-51-49-47-45-43-41-39-30-28-26-24-22-20-18-16-14-12-10-8-6-4-2)67-99-83-79(97)76(94)81(71(65-88)101-83)104-85-80(98)77(95)82(72(66-89)102-85)103-84-78(96)75(93)74(92)70(64-87)100-84/h52,54,60,62,68-72,74-85,87-90,92-98H,3-51,53,55-59,61,63-67H2,1-2H3,(H,86,91)/b54-52+,62-60+. The molecule has 3 aliphatic rings.